The predicted molar refractivity (Wildman–Crippen MR) is 63.4 cm³/mol. The van der Waals surface area contributed by atoms with Crippen molar-refractivity contribution in [1.29, 1.82) is 0 Å². The molecule has 0 spiro atoms. The van der Waals surface area contributed by atoms with Crippen LogP contribution in [0.15, 0.2) is 12.1 Å². The number of halogens is 1. The number of nitrogens with two attached hydrogens (primary N) is 1. The maximum atomic E-state index is 11.3. The number of hydrogen-bond donors (Lipinski definition) is 1. The molecule has 82 valence electrons. The SMILES string of the molecule is Cc1cc(Cl)cc(C(N)=O)c1C(C)(C)C. The predicted octanol–water partition coefficient (Wildman–Crippen LogP) is 3.04. The molecule has 2 nitrogen and oxygen atoms in total. The van der Waals surface area contributed by atoms with Crippen LogP contribution in [0.1, 0.15) is 42.3 Å². The zero-order valence-corrected chi connectivity index (χ0v) is 10.3. The van der Waals surface area contributed by atoms with Crippen LogP contribution in [-0.2, 0) is 5.41 Å². The Kier molecular flexibility index (Phi) is 3.10. The van der Waals surface area contributed by atoms with Gasteiger partial charge in [-0.25, -0.2) is 0 Å². The molecule has 0 fully saturated rings. The summed E-state index contributed by atoms with van der Waals surface area (Å²) in [5.41, 5.74) is 7.74. The van der Waals surface area contributed by atoms with E-state index in [0.717, 1.165) is 11.1 Å². The molecule has 3 heteroatoms. The van der Waals surface area contributed by atoms with Gasteiger partial charge >= 0.3 is 0 Å². The zero-order chi connectivity index (χ0) is 11.8. The summed E-state index contributed by atoms with van der Waals surface area (Å²) in [6.45, 7) is 8.10. The van der Waals surface area contributed by atoms with Gasteiger partial charge in [0.15, 0.2) is 0 Å². The van der Waals surface area contributed by atoms with Gasteiger partial charge in [0.2, 0.25) is 5.91 Å². The highest BCUT2D eigenvalue weighted by Gasteiger charge is 2.23. The molecule has 0 aliphatic carbocycles. The van der Waals surface area contributed by atoms with Crippen LogP contribution < -0.4 is 5.73 Å². The summed E-state index contributed by atoms with van der Waals surface area (Å²) in [6, 6.07) is 3.49. The average Bonchev–Trinajstić information content (AvgIpc) is 1.99. The third kappa shape index (κ3) is 2.51. The molecule has 1 aromatic carbocycles. The van der Waals surface area contributed by atoms with Gasteiger partial charge in [-0.3, -0.25) is 4.79 Å². The van der Waals surface area contributed by atoms with Crippen molar-refractivity contribution in [3.8, 4) is 0 Å². The van der Waals surface area contributed by atoms with E-state index < -0.39 is 5.91 Å². The molecule has 1 amide bonds. The largest absolute Gasteiger partial charge is 0.366 e. The van der Waals surface area contributed by atoms with Crippen LogP contribution >= 0.6 is 11.6 Å². The lowest BCUT2D eigenvalue weighted by molar-refractivity contribution is 0.0998. The smallest absolute Gasteiger partial charge is 0.249 e. The summed E-state index contributed by atoms with van der Waals surface area (Å²) >= 11 is 5.91. The topological polar surface area (TPSA) is 43.1 Å². The molecule has 0 radical (unpaired) electrons. The first-order valence-corrected chi connectivity index (χ1v) is 5.21. The number of carbonyl (C=O) groups excluding carboxylic acids is 1. The highest BCUT2D eigenvalue weighted by atomic mass is 35.5. The van der Waals surface area contributed by atoms with E-state index in [9.17, 15) is 4.79 Å². The van der Waals surface area contributed by atoms with Crippen molar-refractivity contribution < 1.29 is 4.79 Å². The first-order chi connectivity index (χ1) is 6.73. The van der Waals surface area contributed by atoms with Crippen molar-refractivity contribution in [1.82, 2.24) is 0 Å². The molecule has 0 aliphatic rings. The summed E-state index contributed by atoms with van der Waals surface area (Å²) < 4.78 is 0. The van der Waals surface area contributed by atoms with E-state index in [4.69, 9.17) is 17.3 Å². The van der Waals surface area contributed by atoms with Gasteiger partial charge in [-0.2, -0.15) is 0 Å². The Morgan fingerprint density at radius 3 is 2.27 bits per heavy atom. The molecule has 0 aliphatic heterocycles. The highest BCUT2D eigenvalue weighted by molar-refractivity contribution is 6.31. The fourth-order valence-corrected chi connectivity index (χ4v) is 2.21. The third-order valence-corrected chi connectivity index (χ3v) is 2.53. The zero-order valence-electron chi connectivity index (χ0n) is 9.52. The second-order valence-corrected chi connectivity index (χ2v) is 5.20. The molecule has 0 aromatic heterocycles. The molecule has 0 saturated carbocycles. The van der Waals surface area contributed by atoms with Crippen LogP contribution in [0.5, 0.6) is 0 Å². The second-order valence-electron chi connectivity index (χ2n) is 4.76. The van der Waals surface area contributed by atoms with Gasteiger partial charge in [0.1, 0.15) is 0 Å². The Labute approximate surface area is 95.4 Å². The fourth-order valence-electron chi connectivity index (χ4n) is 1.93. The van der Waals surface area contributed by atoms with E-state index in [0.29, 0.717) is 10.6 Å². The van der Waals surface area contributed by atoms with Crippen LogP contribution in [0.3, 0.4) is 0 Å². The van der Waals surface area contributed by atoms with E-state index in [1.165, 1.54) is 0 Å². The molecule has 15 heavy (non-hydrogen) atoms. The number of aryl methyl sites for hydroxylation is 1. The van der Waals surface area contributed by atoms with Crippen LogP contribution in [0, 0.1) is 6.92 Å². The average molecular weight is 226 g/mol. The van der Waals surface area contributed by atoms with E-state index in [1.807, 2.05) is 13.0 Å². The third-order valence-electron chi connectivity index (χ3n) is 2.32. The summed E-state index contributed by atoms with van der Waals surface area (Å²) in [7, 11) is 0. The Hall–Kier alpha value is -1.02. The van der Waals surface area contributed by atoms with Gasteiger partial charge < -0.3 is 5.73 Å². The summed E-state index contributed by atoms with van der Waals surface area (Å²) in [4.78, 5) is 11.3. The summed E-state index contributed by atoms with van der Waals surface area (Å²) in [5.74, 6) is -0.425. The molecule has 0 unspecified atom stereocenters. The van der Waals surface area contributed by atoms with Gasteiger partial charge in [-0.1, -0.05) is 32.4 Å². The molecule has 0 heterocycles. The normalized spacial score (nSPS) is 11.5. The van der Waals surface area contributed by atoms with Crippen LogP contribution in [0.25, 0.3) is 0 Å². The molecule has 0 atom stereocenters. The van der Waals surface area contributed by atoms with E-state index in [2.05, 4.69) is 20.8 Å². The number of amides is 1. The standard InChI is InChI=1S/C12H16ClNO/c1-7-5-8(13)6-9(11(14)15)10(7)12(2,3)4/h5-6H,1-4H3,(H2,14,15). The minimum Gasteiger partial charge on any atom is -0.366 e. The quantitative estimate of drug-likeness (QED) is 0.785. The van der Waals surface area contributed by atoms with Crippen LogP contribution in [0.4, 0.5) is 0 Å². The van der Waals surface area contributed by atoms with Gasteiger partial charge in [0.25, 0.3) is 0 Å². The minimum atomic E-state index is -0.425. The Morgan fingerprint density at radius 2 is 1.87 bits per heavy atom. The van der Waals surface area contributed by atoms with Crippen LogP contribution in [0.2, 0.25) is 5.02 Å². The highest BCUT2D eigenvalue weighted by Crippen LogP contribution is 2.31. The maximum absolute atomic E-state index is 11.3. The van der Waals surface area contributed by atoms with Crippen molar-refractivity contribution in [2.45, 2.75) is 33.1 Å². The van der Waals surface area contributed by atoms with Gasteiger partial charge in [0, 0.05) is 10.6 Å². The summed E-state index contributed by atoms with van der Waals surface area (Å²) in [6.07, 6.45) is 0. The number of carbonyl (C=O) groups is 1. The summed E-state index contributed by atoms with van der Waals surface area (Å²) in [5, 5.41) is 0.550. The van der Waals surface area contributed by atoms with Gasteiger partial charge in [-0.05, 0) is 35.6 Å². The van der Waals surface area contributed by atoms with Crippen molar-refractivity contribution in [3.05, 3.63) is 33.8 Å². The Morgan fingerprint density at radius 1 is 1.33 bits per heavy atom. The molecule has 0 bridgehead atoms. The molecule has 1 rings (SSSR count). The molecule has 2 N–H and O–H groups in total. The number of benzene rings is 1. The monoisotopic (exact) mass is 225 g/mol. The molecular weight excluding hydrogens is 210 g/mol. The number of primary amides is 1. The van der Waals surface area contributed by atoms with Crippen molar-refractivity contribution in [3.63, 3.8) is 0 Å². The van der Waals surface area contributed by atoms with Gasteiger partial charge in [0.05, 0.1) is 0 Å². The van der Waals surface area contributed by atoms with E-state index >= 15 is 0 Å². The lowest BCUT2D eigenvalue weighted by Gasteiger charge is -2.24. The first-order valence-electron chi connectivity index (χ1n) is 4.84. The van der Waals surface area contributed by atoms with Gasteiger partial charge in [-0.15, -0.1) is 0 Å². The molecular formula is C12H16ClNO. The van der Waals surface area contributed by atoms with Crippen molar-refractivity contribution in [2.75, 3.05) is 0 Å². The Bertz CT molecular complexity index is 405. The van der Waals surface area contributed by atoms with Crippen molar-refractivity contribution in [2.24, 2.45) is 5.73 Å². The van der Waals surface area contributed by atoms with Crippen molar-refractivity contribution >= 4 is 17.5 Å². The minimum absolute atomic E-state index is 0.112. The fraction of sp³-hybridized carbons (Fsp3) is 0.417. The van der Waals surface area contributed by atoms with E-state index in [1.54, 1.807) is 6.07 Å². The lowest BCUT2D eigenvalue weighted by atomic mass is 9.81. The van der Waals surface area contributed by atoms with E-state index in [-0.39, 0.29) is 5.41 Å². The molecule has 0 saturated heterocycles. The van der Waals surface area contributed by atoms with Crippen LogP contribution in [-0.4, -0.2) is 5.91 Å². The number of rotatable bonds is 1. The second kappa shape index (κ2) is 3.86. The lowest BCUT2D eigenvalue weighted by Crippen LogP contribution is -2.22. The molecule has 1 aromatic rings. The number of hydrogen-bond acceptors (Lipinski definition) is 1. The Balaban J connectivity index is 3.55. The maximum Gasteiger partial charge on any atom is 0.249 e. The first kappa shape index (κ1) is 12.1.